The second-order valence-corrected chi connectivity index (χ2v) is 6.54. The van der Waals surface area contributed by atoms with E-state index in [0.29, 0.717) is 24.5 Å². The molecule has 2 amide bonds. The Labute approximate surface area is 162 Å². The van der Waals surface area contributed by atoms with Gasteiger partial charge in [0.2, 0.25) is 12.0 Å². The van der Waals surface area contributed by atoms with Crippen molar-refractivity contribution in [3.8, 4) is 11.5 Å². The minimum Gasteiger partial charge on any atom is -0.485 e. The van der Waals surface area contributed by atoms with E-state index in [1.54, 1.807) is 12.1 Å². The molecule has 1 aliphatic rings. The number of benzene rings is 2. The summed E-state index contributed by atoms with van der Waals surface area (Å²) in [7, 11) is 0. The molecule has 144 valence electrons. The summed E-state index contributed by atoms with van der Waals surface area (Å²) in [6.45, 7) is 0.506. The van der Waals surface area contributed by atoms with Crippen molar-refractivity contribution in [1.29, 1.82) is 0 Å². The Balaban J connectivity index is 1.21. The van der Waals surface area contributed by atoms with Gasteiger partial charge in [-0.2, -0.15) is 0 Å². The highest BCUT2D eigenvalue weighted by atomic mass is 16.6. The zero-order valence-electron chi connectivity index (χ0n) is 15.2. The molecule has 3 aromatic rings. The highest BCUT2D eigenvalue weighted by Gasteiger charge is 2.27. The maximum Gasteiger partial charge on any atom is 0.265 e. The smallest absolute Gasteiger partial charge is 0.265 e. The van der Waals surface area contributed by atoms with Crippen molar-refractivity contribution in [3.05, 3.63) is 60.3 Å². The number of para-hydroxylation sites is 3. The molecule has 1 atom stereocenters. The lowest BCUT2D eigenvalue weighted by atomic mass is 10.1. The molecule has 0 saturated carbocycles. The number of hydrogen-bond donors (Lipinski definition) is 3. The lowest BCUT2D eigenvalue weighted by Crippen LogP contribution is -2.47. The summed E-state index contributed by atoms with van der Waals surface area (Å²) >= 11 is 0. The summed E-state index contributed by atoms with van der Waals surface area (Å²) < 4.78 is 11.1. The van der Waals surface area contributed by atoms with Gasteiger partial charge in [0, 0.05) is 23.6 Å². The van der Waals surface area contributed by atoms with E-state index in [1.807, 2.05) is 42.6 Å². The molecule has 7 heteroatoms. The van der Waals surface area contributed by atoms with E-state index >= 15 is 0 Å². The third-order valence-electron chi connectivity index (χ3n) is 4.62. The van der Waals surface area contributed by atoms with Gasteiger partial charge in [0.05, 0.1) is 6.54 Å². The summed E-state index contributed by atoms with van der Waals surface area (Å²) in [6, 6.07) is 15.2. The van der Waals surface area contributed by atoms with Crippen LogP contribution in [0.5, 0.6) is 11.5 Å². The van der Waals surface area contributed by atoms with Gasteiger partial charge in [-0.05, 0) is 30.2 Å². The van der Waals surface area contributed by atoms with Crippen LogP contribution in [0.1, 0.15) is 5.56 Å². The number of amides is 2. The second kappa shape index (κ2) is 8.04. The Hall–Kier alpha value is -3.48. The third kappa shape index (κ3) is 3.93. The number of carbonyl (C=O) groups is 2. The molecule has 0 fully saturated rings. The first-order valence-corrected chi connectivity index (χ1v) is 9.18. The predicted molar refractivity (Wildman–Crippen MR) is 104 cm³/mol. The van der Waals surface area contributed by atoms with E-state index in [0.717, 1.165) is 16.5 Å². The molecule has 1 aliphatic heterocycles. The van der Waals surface area contributed by atoms with Crippen LogP contribution in [0, 0.1) is 0 Å². The van der Waals surface area contributed by atoms with Crippen LogP contribution in [-0.2, 0) is 16.0 Å². The topological polar surface area (TPSA) is 92.5 Å². The first kappa shape index (κ1) is 17.9. The van der Waals surface area contributed by atoms with Gasteiger partial charge in [0.25, 0.3) is 5.91 Å². The Kier molecular flexibility index (Phi) is 5.14. The first-order chi connectivity index (χ1) is 13.7. The Morgan fingerprint density at radius 2 is 1.82 bits per heavy atom. The molecule has 0 spiro atoms. The van der Waals surface area contributed by atoms with Crippen LogP contribution in [-0.4, -0.2) is 42.6 Å². The lowest BCUT2D eigenvalue weighted by Gasteiger charge is -2.25. The minimum atomic E-state index is -0.770. The molecule has 1 aromatic heterocycles. The van der Waals surface area contributed by atoms with Crippen molar-refractivity contribution >= 4 is 22.7 Å². The van der Waals surface area contributed by atoms with E-state index < -0.39 is 6.10 Å². The van der Waals surface area contributed by atoms with Crippen LogP contribution in [0.3, 0.4) is 0 Å². The quantitative estimate of drug-likeness (QED) is 0.609. The molecule has 7 nitrogen and oxygen atoms in total. The van der Waals surface area contributed by atoms with Crippen LogP contribution in [0.15, 0.2) is 54.7 Å². The number of fused-ring (bicyclic) bond motifs is 2. The molecule has 0 bridgehead atoms. The number of H-pyrrole nitrogens is 1. The van der Waals surface area contributed by atoms with Crippen LogP contribution in [0.25, 0.3) is 10.9 Å². The zero-order valence-corrected chi connectivity index (χ0v) is 15.2. The van der Waals surface area contributed by atoms with Crippen molar-refractivity contribution in [2.45, 2.75) is 12.5 Å². The van der Waals surface area contributed by atoms with Crippen LogP contribution in [0.4, 0.5) is 0 Å². The van der Waals surface area contributed by atoms with Gasteiger partial charge < -0.3 is 25.1 Å². The summed E-state index contributed by atoms with van der Waals surface area (Å²) in [5.41, 5.74) is 2.22. The van der Waals surface area contributed by atoms with E-state index in [4.69, 9.17) is 9.47 Å². The maximum atomic E-state index is 12.2. The molecule has 0 radical (unpaired) electrons. The molecule has 2 heterocycles. The number of nitrogens with one attached hydrogen (secondary N) is 3. The van der Waals surface area contributed by atoms with Crippen molar-refractivity contribution in [2.75, 3.05) is 19.7 Å². The standard InChI is InChI=1S/C21H21N3O4/c25-20(22-10-9-14-11-23-16-6-2-1-5-15(14)16)12-24-21(26)19-13-27-17-7-3-4-8-18(17)28-19/h1-8,11,19,23H,9-10,12-13H2,(H,22,25)(H,24,26)/t19-/m1/s1. The number of hydrogen-bond acceptors (Lipinski definition) is 4. The fourth-order valence-electron chi connectivity index (χ4n) is 3.17. The maximum absolute atomic E-state index is 12.2. The van der Waals surface area contributed by atoms with Gasteiger partial charge in [-0.25, -0.2) is 0 Å². The average Bonchev–Trinajstić information content (AvgIpc) is 3.15. The molecule has 0 aliphatic carbocycles. The van der Waals surface area contributed by atoms with Crippen molar-refractivity contribution in [1.82, 2.24) is 15.6 Å². The molecular weight excluding hydrogens is 358 g/mol. The third-order valence-corrected chi connectivity index (χ3v) is 4.62. The van der Waals surface area contributed by atoms with Crippen LogP contribution >= 0.6 is 0 Å². The lowest BCUT2D eigenvalue weighted by molar-refractivity contribution is -0.132. The van der Waals surface area contributed by atoms with Crippen molar-refractivity contribution < 1.29 is 19.1 Å². The van der Waals surface area contributed by atoms with Gasteiger partial charge in [-0.3, -0.25) is 9.59 Å². The summed E-state index contributed by atoms with van der Waals surface area (Å²) in [6.07, 6.45) is 1.89. The molecule has 0 unspecified atom stereocenters. The molecule has 2 aromatic carbocycles. The molecule has 4 rings (SSSR count). The number of ether oxygens (including phenoxy) is 2. The SMILES string of the molecule is O=C(CNC(=O)[C@H]1COc2ccccc2O1)NCCc1c[nH]c2ccccc12. The predicted octanol–water partition coefficient (Wildman–Crippen LogP) is 1.78. The Morgan fingerprint density at radius 1 is 1.04 bits per heavy atom. The highest BCUT2D eigenvalue weighted by Crippen LogP contribution is 2.30. The Morgan fingerprint density at radius 3 is 2.71 bits per heavy atom. The van der Waals surface area contributed by atoms with Gasteiger partial charge in [-0.15, -0.1) is 0 Å². The van der Waals surface area contributed by atoms with E-state index in [1.165, 1.54) is 0 Å². The number of aromatic nitrogens is 1. The monoisotopic (exact) mass is 379 g/mol. The summed E-state index contributed by atoms with van der Waals surface area (Å²) in [5.74, 6) is 0.519. The van der Waals surface area contributed by atoms with E-state index in [2.05, 4.69) is 15.6 Å². The van der Waals surface area contributed by atoms with E-state index in [-0.39, 0.29) is 25.0 Å². The summed E-state index contributed by atoms with van der Waals surface area (Å²) in [5, 5.41) is 6.57. The van der Waals surface area contributed by atoms with Crippen molar-refractivity contribution in [2.24, 2.45) is 0 Å². The molecule has 28 heavy (non-hydrogen) atoms. The Bertz CT molecular complexity index is 998. The zero-order chi connectivity index (χ0) is 19.3. The number of rotatable bonds is 6. The van der Waals surface area contributed by atoms with E-state index in [9.17, 15) is 9.59 Å². The normalized spacial score (nSPS) is 15.2. The molecule has 3 N–H and O–H groups in total. The van der Waals surface area contributed by atoms with Crippen molar-refractivity contribution in [3.63, 3.8) is 0 Å². The fraction of sp³-hybridized carbons (Fsp3) is 0.238. The molecule has 0 saturated heterocycles. The second-order valence-electron chi connectivity index (χ2n) is 6.54. The van der Waals surface area contributed by atoms with Gasteiger partial charge >= 0.3 is 0 Å². The highest BCUT2D eigenvalue weighted by molar-refractivity contribution is 5.87. The van der Waals surface area contributed by atoms with Gasteiger partial charge in [0.1, 0.15) is 6.61 Å². The van der Waals surface area contributed by atoms with Gasteiger partial charge in [-0.1, -0.05) is 30.3 Å². The first-order valence-electron chi connectivity index (χ1n) is 9.18. The van der Waals surface area contributed by atoms with Gasteiger partial charge in [0.15, 0.2) is 11.5 Å². The summed E-state index contributed by atoms with van der Waals surface area (Å²) in [4.78, 5) is 27.4. The number of aromatic amines is 1. The fourth-order valence-corrected chi connectivity index (χ4v) is 3.17. The average molecular weight is 379 g/mol. The minimum absolute atomic E-state index is 0.103. The van der Waals surface area contributed by atoms with Crippen LogP contribution in [0.2, 0.25) is 0 Å². The largest absolute Gasteiger partial charge is 0.485 e. The molecular formula is C21H21N3O4. The number of carbonyl (C=O) groups excluding carboxylic acids is 2. The van der Waals surface area contributed by atoms with Crippen LogP contribution < -0.4 is 20.1 Å².